The maximum atomic E-state index is 9.87. The number of aliphatic hydroxyl groups excluding tert-OH is 1. The number of aryl methyl sites for hydroxylation is 1. The number of hydrogen-bond acceptors (Lipinski definition) is 3. The molecule has 0 aliphatic carbocycles. The quantitative estimate of drug-likeness (QED) is 0.876. The van der Waals surface area contributed by atoms with Crippen molar-refractivity contribution in [3.8, 4) is 5.75 Å². The molecule has 0 saturated heterocycles. The molecule has 1 atom stereocenters. The van der Waals surface area contributed by atoms with E-state index in [0.29, 0.717) is 13.0 Å². The van der Waals surface area contributed by atoms with E-state index in [9.17, 15) is 5.11 Å². The van der Waals surface area contributed by atoms with Gasteiger partial charge in [-0.05, 0) is 47.0 Å². The predicted octanol–water partition coefficient (Wildman–Crippen LogP) is 3.56. The maximum Gasteiger partial charge on any atom is 0.119 e. The third-order valence-corrected chi connectivity index (χ3v) is 3.28. The third-order valence-electron chi connectivity index (χ3n) is 2.58. The smallest absolute Gasteiger partial charge is 0.119 e. The first-order valence-corrected chi connectivity index (χ1v) is 6.59. The molecule has 0 saturated carbocycles. The minimum Gasteiger partial charge on any atom is -0.493 e. The molecule has 2 rings (SSSR count). The van der Waals surface area contributed by atoms with Gasteiger partial charge in [0, 0.05) is 6.42 Å². The highest BCUT2D eigenvalue weighted by Gasteiger charge is 2.07. The molecule has 1 N–H and O–H groups in total. The molecule has 1 aromatic heterocycles. The van der Waals surface area contributed by atoms with E-state index in [-0.39, 0.29) is 0 Å². The lowest BCUT2D eigenvalue weighted by Crippen LogP contribution is -2.04. The van der Waals surface area contributed by atoms with Crippen LogP contribution in [-0.2, 0) is 0 Å². The standard InChI is InChI=1S/C14H16O2S/c1-11-3-2-4-13(9-11)16-7-5-14(15)12-6-8-17-10-12/h2-4,6,8-10,14-15H,5,7H2,1H3. The van der Waals surface area contributed by atoms with Crippen molar-refractivity contribution in [2.75, 3.05) is 6.61 Å². The summed E-state index contributed by atoms with van der Waals surface area (Å²) in [5.41, 5.74) is 2.16. The van der Waals surface area contributed by atoms with Crippen LogP contribution in [0, 0.1) is 6.92 Å². The van der Waals surface area contributed by atoms with E-state index in [1.165, 1.54) is 5.56 Å². The first-order chi connectivity index (χ1) is 8.25. The molecule has 0 spiro atoms. The number of hydrogen-bond donors (Lipinski definition) is 1. The Morgan fingerprint density at radius 1 is 1.35 bits per heavy atom. The van der Waals surface area contributed by atoms with E-state index in [2.05, 4.69) is 0 Å². The van der Waals surface area contributed by atoms with Gasteiger partial charge in [-0.1, -0.05) is 12.1 Å². The normalized spacial score (nSPS) is 12.4. The summed E-state index contributed by atoms with van der Waals surface area (Å²) in [4.78, 5) is 0. The van der Waals surface area contributed by atoms with Gasteiger partial charge in [-0.2, -0.15) is 11.3 Å². The van der Waals surface area contributed by atoms with Gasteiger partial charge in [-0.25, -0.2) is 0 Å². The zero-order valence-electron chi connectivity index (χ0n) is 9.80. The van der Waals surface area contributed by atoms with E-state index < -0.39 is 6.10 Å². The van der Waals surface area contributed by atoms with Crippen LogP contribution in [0.2, 0.25) is 0 Å². The lowest BCUT2D eigenvalue weighted by Gasteiger charge is -2.10. The fraction of sp³-hybridized carbons (Fsp3) is 0.286. The van der Waals surface area contributed by atoms with Crippen molar-refractivity contribution in [3.63, 3.8) is 0 Å². The van der Waals surface area contributed by atoms with E-state index in [1.54, 1.807) is 11.3 Å². The van der Waals surface area contributed by atoms with Gasteiger partial charge in [-0.3, -0.25) is 0 Å². The van der Waals surface area contributed by atoms with Crippen LogP contribution in [0.1, 0.15) is 23.7 Å². The van der Waals surface area contributed by atoms with Crippen LogP contribution in [0.15, 0.2) is 41.1 Å². The fourth-order valence-corrected chi connectivity index (χ4v) is 2.33. The average Bonchev–Trinajstić information content (AvgIpc) is 2.82. The molecule has 1 heterocycles. The zero-order valence-corrected chi connectivity index (χ0v) is 10.6. The fourth-order valence-electron chi connectivity index (χ4n) is 1.62. The van der Waals surface area contributed by atoms with Crippen LogP contribution < -0.4 is 4.74 Å². The lowest BCUT2D eigenvalue weighted by molar-refractivity contribution is 0.141. The second kappa shape index (κ2) is 5.84. The van der Waals surface area contributed by atoms with Gasteiger partial charge in [0.15, 0.2) is 0 Å². The molecule has 90 valence electrons. The van der Waals surface area contributed by atoms with Gasteiger partial charge in [0.25, 0.3) is 0 Å². The molecular formula is C14H16O2S. The molecule has 2 aromatic rings. The van der Waals surface area contributed by atoms with Crippen molar-refractivity contribution in [1.29, 1.82) is 0 Å². The number of ether oxygens (including phenoxy) is 1. The van der Waals surface area contributed by atoms with E-state index in [1.807, 2.05) is 48.0 Å². The van der Waals surface area contributed by atoms with Crippen molar-refractivity contribution in [2.24, 2.45) is 0 Å². The number of aliphatic hydroxyl groups is 1. The molecule has 3 heteroatoms. The highest BCUT2D eigenvalue weighted by Crippen LogP contribution is 2.20. The van der Waals surface area contributed by atoms with Crippen LogP contribution in [0.3, 0.4) is 0 Å². The monoisotopic (exact) mass is 248 g/mol. The molecule has 1 aromatic carbocycles. The summed E-state index contributed by atoms with van der Waals surface area (Å²) in [6.45, 7) is 2.56. The Bertz CT molecular complexity index is 451. The van der Waals surface area contributed by atoms with Gasteiger partial charge < -0.3 is 9.84 Å². The molecule has 1 unspecified atom stereocenters. The Hall–Kier alpha value is -1.32. The Kier molecular flexibility index (Phi) is 4.18. The summed E-state index contributed by atoms with van der Waals surface area (Å²) < 4.78 is 5.60. The lowest BCUT2D eigenvalue weighted by atomic mass is 10.1. The minimum absolute atomic E-state index is 0.425. The highest BCUT2D eigenvalue weighted by atomic mass is 32.1. The van der Waals surface area contributed by atoms with Crippen molar-refractivity contribution >= 4 is 11.3 Å². The SMILES string of the molecule is Cc1cccc(OCCC(O)c2ccsc2)c1. The zero-order chi connectivity index (χ0) is 12.1. The Labute approximate surface area is 105 Å². The minimum atomic E-state index is -0.425. The number of rotatable bonds is 5. The summed E-state index contributed by atoms with van der Waals surface area (Å²) >= 11 is 1.60. The van der Waals surface area contributed by atoms with Gasteiger partial charge in [0.2, 0.25) is 0 Å². The van der Waals surface area contributed by atoms with E-state index in [0.717, 1.165) is 11.3 Å². The second-order valence-electron chi connectivity index (χ2n) is 4.03. The topological polar surface area (TPSA) is 29.5 Å². The summed E-state index contributed by atoms with van der Waals surface area (Å²) in [7, 11) is 0. The predicted molar refractivity (Wildman–Crippen MR) is 70.6 cm³/mol. The molecule has 0 radical (unpaired) electrons. The Balaban J connectivity index is 1.80. The van der Waals surface area contributed by atoms with Crippen LogP contribution in [0.4, 0.5) is 0 Å². The maximum absolute atomic E-state index is 9.87. The van der Waals surface area contributed by atoms with Gasteiger partial charge in [-0.15, -0.1) is 0 Å². The van der Waals surface area contributed by atoms with Gasteiger partial charge in [0.05, 0.1) is 12.7 Å². The summed E-state index contributed by atoms with van der Waals surface area (Å²) in [6.07, 6.45) is 0.191. The van der Waals surface area contributed by atoms with Gasteiger partial charge in [0.1, 0.15) is 5.75 Å². The molecule has 0 bridgehead atoms. The first-order valence-electron chi connectivity index (χ1n) is 5.65. The van der Waals surface area contributed by atoms with Crippen molar-refractivity contribution < 1.29 is 9.84 Å². The molecule has 0 aliphatic rings. The van der Waals surface area contributed by atoms with Crippen LogP contribution in [0.25, 0.3) is 0 Å². The highest BCUT2D eigenvalue weighted by molar-refractivity contribution is 7.07. The third kappa shape index (κ3) is 3.58. The first kappa shape index (κ1) is 12.1. The molecule has 17 heavy (non-hydrogen) atoms. The van der Waals surface area contributed by atoms with Crippen LogP contribution in [-0.4, -0.2) is 11.7 Å². The van der Waals surface area contributed by atoms with E-state index >= 15 is 0 Å². The molecule has 0 amide bonds. The summed E-state index contributed by atoms with van der Waals surface area (Å²) in [5.74, 6) is 0.863. The average molecular weight is 248 g/mol. The Morgan fingerprint density at radius 2 is 2.24 bits per heavy atom. The summed E-state index contributed by atoms with van der Waals surface area (Å²) in [5, 5.41) is 13.8. The molecule has 0 fully saturated rings. The van der Waals surface area contributed by atoms with Crippen LogP contribution in [0.5, 0.6) is 5.75 Å². The van der Waals surface area contributed by atoms with Crippen LogP contribution >= 0.6 is 11.3 Å². The molecular weight excluding hydrogens is 232 g/mol. The number of benzene rings is 1. The molecule has 0 aliphatic heterocycles. The second-order valence-corrected chi connectivity index (χ2v) is 4.81. The van der Waals surface area contributed by atoms with E-state index in [4.69, 9.17) is 4.74 Å². The van der Waals surface area contributed by atoms with Gasteiger partial charge >= 0.3 is 0 Å². The summed E-state index contributed by atoms with van der Waals surface area (Å²) in [6, 6.07) is 9.88. The molecule has 2 nitrogen and oxygen atoms in total. The van der Waals surface area contributed by atoms with Crippen molar-refractivity contribution in [2.45, 2.75) is 19.4 Å². The number of thiophene rings is 1. The Morgan fingerprint density at radius 3 is 2.94 bits per heavy atom. The van der Waals surface area contributed by atoms with Crippen molar-refractivity contribution in [3.05, 3.63) is 52.2 Å². The van der Waals surface area contributed by atoms with Crippen molar-refractivity contribution in [1.82, 2.24) is 0 Å². The largest absolute Gasteiger partial charge is 0.493 e.